The highest BCUT2D eigenvalue weighted by atomic mass is 32.2. The molecule has 0 atom stereocenters. The van der Waals surface area contributed by atoms with Crippen LogP contribution in [-0.4, -0.2) is 20.8 Å². The van der Waals surface area contributed by atoms with Crippen molar-refractivity contribution in [3.63, 3.8) is 0 Å². The maximum absolute atomic E-state index is 11.9. The highest BCUT2D eigenvalue weighted by Crippen LogP contribution is 2.12. The van der Waals surface area contributed by atoms with Gasteiger partial charge < -0.3 is 5.73 Å². The van der Waals surface area contributed by atoms with Gasteiger partial charge in [-0.1, -0.05) is 6.07 Å². The Kier molecular flexibility index (Phi) is 2.82. The molecule has 1 aliphatic rings. The molecule has 1 aromatic carbocycles. The number of hydrogen-bond donors (Lipinski definition) is 3. The van der Waals surface area contributed by atoms with Crippen LogP contribution in [-0.2, 0) is 10.0 Å². The molecule has 0 unspecified atom stereocenters. The van der Waals surface area contributed by atoms with Gasteiger partial charge >= 0.3 is 10.0 Å². The number of amidine groups is 1. The van der Waals surface area contributed by atoms with Crippen LogP contribution in [0.2, 0.25) is 0 Å². The number of rotatable bonds is 2. The van der Waals surface area contributed by atoms with E-state index in [1.54, 1.807) is 12.1 Å². The third-order valence-corrected chi connectivity index (χ3v) is 3.76. The Morgan fingerprint density at radius 3 is 2.81 bits per heavy atom. The van der Waals surface area contributed by atoms with E-state index in [0.717, 1.165) is 19.4 Å². The summed E-state index contributed by atoms with van der Waals surface area (Å²) in [4.78, 5) is 3.18. The minimum Gasteiger partial charge on any atom is -0.399 e. The number of nitrogens with one attached hydrogen (secondary N) is 2. The highest BCUT2D eigenvalue weighted by molar-refractivity contribution is 7.90. The number of hydrogen-bond acceptors (Lipinski definition) is 3. The van der Waals surface area contributed by atoms with Gasteiger partial charge in [0.1, 0.15) is 4.90 Å². The highest BCUT2D eigenvalue weighted by Gasteiger charge is 2.23. The number of nitrogens with two attached hydrogens (primary N) is 1. The van der Waals surface area contributed by atoms with Gasteiger partial charge in [-0.3, -0.25) is 4.99 Å². The maximum Gasteiger partial charge on any atom is 0.328 e. The van der Waals surface area contributed by atoms with Crippen LogP contribution in [0, 0.1) is 0 Å². The summed E-state index contributed by atoms with van der Waals surface area (Å²) < 4.78 is 26.3. The zero-order valence-corrected chi connectivity index (χ0v) is 9.55. The van der Waals surface area contributed by atoms with Gasteiger partial charge in [0.15, 0.2) is 0 Å². The summed E-state index contributed by atoms with van der Waals surface area (Å²) in [5.41, 5.74) is 5.99. The fourth-order valence-electron chi connectivity index (χ4n) is 1.58. The van der Waals surface area contributed by atoms with Crippen molar-refractivity contribution in [2.75, 3.05) is 12.3 Å². The Morgan fingerprint density at radius 2 is 2.19 bits per heavy atom. The summed E-state index contributed by atoms with van der Waals surface area (Å²) in [6.07, 6.45) is 1.69. The van der Waals surface area contributed by atoms with E-state index in [1.165, 1.54) is 12.1 Å². The van der Waals surface area contributed by atoms with Crippen molar-refractivity contribution in [1.82, 2.24) is 4.72 Å². The molecule has 0 bridgehead atoms. The molecule has 0 aliphatic carbocycles. The van der Waals surface area contributed by atoms with E-state index in [1.807, 2.05) is 0 Å². The van der Waals surface area contributed by atoms with Crippen LogP contribution in [0.1, 0.15) is 12.8 Å². The Balaban J connectivity index is 2.25. The third kappa shape index (κ3) is 2.33. The molecule has 1 aliphatic heterocycles. The maximum atomic E-state index is 11.9. The Labute approximate surface area is 94.4 Å². The molecular formula is C10H14N3O2S+. The zero-order valence-electron chi connectivity index (χ0n) is 8.73. The first-order valence-corrected chi connectivity index (χ1v) is 6.54. The number of nitrogen functional groups attached to an aromatic ring is 1. The summed E-state index contributed by atoms with van der Waals surface area (Å²) in [5, 5.41) is 0. The van der Waals surface area contributed by atoms with E-state index in [-0.39, 0.29) is 4.90 Å². The second kappa shape index (κ2) is 4.13. The normalized spacial score (nSPS) is 15.9. The fourth-order valence-corrected chi connectivity index (χ4v) is 2.75. The van der Waals surface area contributed by atoms with Crippen LogP contribution in [0.5, 0.6) is 0 Å². The van der Waals surface area contributed by atoms with Gasteiger partial charge in [-0.15, -0.1) is 0 Å². The number of benzene rings is 1. The lowest BCUT2D eigenvalue weighted by molar-refractivity contribution is -0.448. The quantitative estimate of drug-likeness (QED) is 0.569. The van der Waals surface area contributed by atoms with Crippen molar-refractivity contribution in [3.05, 3.63) is 24.3 Å². The Hall–Kier alpha value is -1.56. The summed E-state index contributed by atoms with van der Waals surface area (Å²) in [7, 11) is -3.50. The minimum atomic E-state index is -3.50. The van der Waals surface area contributed by atoms with Crippen LogP contribution in [0.3, 0.4) is 0 Å². The van der Waals surface area contributed by atoms with Gasteiger partial charge in [0, 0.05) is 5.69 Å². The largest absolute Gasteiger partial charge is 0.399 e. The molecule has 0 saturated carbocycles. The third-order valence-electron chi connectivity index (χ3n) is 2.37. The van der Waals surface area contributed by atoms with Crippen molar-refractivity contribution in [3.8, 4) is 0 Å². The molecule has 5 nitrogen and oxygen atoms in total. The lowest BCUT2D eigenvalue weighted by atomic mass is 10.3. The lowest BCUT2D eigenvalue weighted by Crippen LogP contribution is -2.72. The molecule has 0 saturated heterocycles. The van der Waals surface area contributed by atoms with Crippen LogP contribution in [0.25, 0.3) is 0 Å². The zero-order chi connectivity index (χ0) is 11.6. The molecule has 16 heavy (non-hydrogen) atoms. The first-order valence-electron chi connectivity index (χ1n) is 5.06. The number of anilines is 1. The summed E-state index contributed by atoms with van der Waals surface area (Å²) in [6.45, 7) is 0.814. The molecule has 1 heterocycles. The average Bonchev–Trinajstić information content (AvgIpc) is 2.70. The second-order valence-corrected chi connectivity index (χ2v) is 5.37. The van der Waals surface area contributed by atoms with Gasteiger partial charge in [0.05, 0.1) is 13.0 Å². The van der Waals surface area contributed by atoms with Gasteiger partial charge in [-0.2, -0.15) is 13.1 Å². The van der Waals surface area contributed by atoms with Gasteiger partial charge in [0.2, 0.25) is 0 Å². The van der Waals surface area contributed by atoms with Crippen LogP contribution in [0.4, 0.5) is 5.69 Å². The summed E-state index contributed by atoms with van der Waals surface area (Å²) >= 11 is 0. The van der Waals surface area contributed by atoms with E-state index >= 15 is 0 Å². The smallest absolute Gasteiger partial charge is 0.328 e. The van der Waals surface area contributed by atoms with Gasteiger partial charge in [-0.25, -0.2) is 0 Å². The molecule has 0 fully saturated rings. The molecule has 0 amide bonds. The molecular weight excluding hydrogens is 226 g/mol. The van der Waals surface area contributed by atoms with Crippen molar-refractivity contribution in [1.29, 1.82) is 0 Å². The standard InChI is InChI=1S/C10H13N3O2S/c11-8-3-1-4-9(7-8)16(14,15)13-10-5-2-6-12-10/h1,3-4,7H,2,5-6,11H2,(H,12,13)/p+1. The van der Waals surface area contributed by atoms with E-state index in [0.29, 0.717) is 11.5 Å². The van der Waals surface area contributed by atoms with Gasteiger partial charge in [0.25, 0.3) is 5.84 Å². The molecule has 1 aromatic rings. The SMILES string of the molecule is Nc1cccc(S(=O)(=O)NC2=[NH+]CCC2)c1. The van der Waals surface area contributed by atoms with Crippen LogP contribution in [0.15, 0.2) is 29.2 Å². The van der Waals surface area contributed by atoms with E-state index in [9.17, 15) is 8.42 Å². The van der Waals surface area contributed by atoms with E-state index in [4.69, 9.17) is 5.73 Å². The Morgan fingerprint density at radius 1 is 1.38 bits per heavy atom. The van der Waals surface area contributed by atoms with Crippen LogP contribution < -0.4 is 15.4 Å². The average molecular weight is 240 g/mol. The van der Waals surface area contributed by atoms with Crippen molar-refractivity contribution >= 4 is 21.5 Å². The molecule has 0 radical (unpaired) electrons. The topological polar surface area (TPSA) is 86.2 Å². The summed E-state index contributed by atoms with van der Waals surface area (Å²) in [5.74, 6) is 0.655. The predicted molar refractivity (Wildman–Crippen MR) is 61.2 cm³/mol. The van der Waals surface area contributed by atoms with Crippen molar-refractivity contribution in [2.24, 2.45) is 0 Å². The Bertz CT molecular complexity index is 523. The first-order chi connectivity index (χ1) is 7.58. The minimum absolute atomic E-state index is 0.189. The monoisotopic (exact) mass is 240 g/mol. The van der Waals surface area contributed by atoms with Crippen molar-refractivity contribution in [2.45, 2.75) is 17.7 Å². The summed E-state index contributed by atoms with van der Waals surface area (Å²) in [6, 6.07) is 6.24. The first kappa shape index (κ1) is 10.9. The van der Waals surface area contributed by atoms with E-state index < -0.39 is 10.0 Å². The van der Waals surface area contributed by atoms with Crippen molar-refractivity contribution < 1.29 is 13.4 Å². The molecule has 0 spiro atoms. The van der Waals surface area contributed by atoms with E-state index in [2.05, 4.69) is 9.71 Å². The fraction of sp³-hybridized carbons (Fsp3) is 0.300. The molecule has 2 rings (SSSR count). The van der Waals surface area contributed by atoms with Gasteiger partial charge in [-0.05, 0) is 24.6 Å². The van der Waals surface area contributed by atoms with Crippen LogP contribution >= 0.6 is 0 Å². The second-order valence-electron chi connectivity index (χ2n) is 3.69. The number of sulfonamides is 1. The molecule has 0 aromatic heterocycles. The molecule has 6 heteroatoms. The molecule has 4 N–H and O–H groups in total. The predicted octanol–water partition coefficient (Wildman–Crippen LogP) is -1.18. The molecule has 86 valence electrons. The lowest BCUT2D eigenvalue weighted by Gasteiger charge is -2.02.